The van der Waals surface area contributed by atoms with E-state index in [0.717, 1.165) is 45.7 Å². The van der Waals surface area contributed by atoms with Gasteiger partial charge in [-0.2, -0.15) is 5.26 Å². The topological polar surface area (TPSA) is 90.4 Å². The molecule has 33 heavy (non-hydrogen) atoms. The third-order valence-electron chi connectivity index (χ3n) is 6.14. The van der Waals surface area contributed by atoms with Crippen LogP contribution in [0.2, 0.25) is 0 Å². The van der Waals surface area contributed by atoms with Crippen molar-refractivity contribution in [2.75, 3.05) is 13.7 Å². The fraction of sp³-hybridized carbons (Fsp3) is 0.185. The fourth-order valence-electron chi connectivity index (χ4n) is 4.45. The lowest BCUT2D eigenvalue weighted by Gasteiger charge is -2.33. The third-order valence-corrected chi connectivity index (χ3v) is 6.14. The molecule has 0 saturated heterocycles. The van der Waals surface area contributed by atoms with Crippen molar-refractivity contribution in [2.45, 2.75) is 19.3 Å². The van der Waals surface area contributed by atoms with Gasteiger partial charge in [-0.3, -0.25) is 4.98 Å². The molecule has 5 rings (SSSR count). The number of aromatic nitrogens is 1. The van der Waals surface area contributed by atoms with E-state index in [9.17, 15) is 5.26 Å². The number of hydrogen-bond acceptors (Lipinski definition) is 6. The summed E-state index contributed by atoms with van der Waals surface area (Å²) in [5.41, 5.74) is 12.3. The molecule has 1 unspecified atom stereocenters. The summed E-state index contributed by atoms with van der Waals surface area (Å²) in [4.78, 5) is 4.24. The molecule has 0 fully saturated rings. The van der Waals surface area contributed by atoms with Gasteiger partial charge >= 0.3 is 0 Å². The minimum absolute atomic E-state index is 0.120. The molecular formula is C27H23N3O3. The predicted octanol–water partition coefficient (Wildman–Crippen LogP) is 4.93. The van der Waals surface area contributed by atoms with Crippen molar-refractivity contribution < 1.29 is 14.2 Å². The van der Waals surface area contributed by atoms with Crippen LogP contribution in [0.5, 0.6) is 11.5 Å². The van der Waals surface area contributed by atoms with Crippen molar-refractivity contribution in [3.63, 3.8) is 0 Å². The first-order valence-electron chi connectivity index (χ1n) is 10.8. The van der Waals surface area contributed by atoms with Crippen LogP contribution in [-0.4, -0.2) is 18.7 Å². The van der Waals surface area contributed by atoms with Crippen LogP contribution >= 0.6 is 0 Å². The molecule has 0 amide bonds. The number of nitrogens with two attached hydrogens (primary N) is 1. The minimum Gasteiger partial charge on any atom is -0.496 e. The van der Waals surface area contributed by atoms with Gasteiger partial charge in [-0.15, -0.1) is 0 Å². The van der Waals surface area contributed by atoms with Gasteiger partial charge in [-0.25, -0.2) is 0 Å². The first kappa shape index (κ1) is 20.7. The maximum atomic E-state index is 9.98. The highest BCUT2D eigenvalue weighted by Crippen LogP contribution is 2.47. The Morgan fingerprint density at radius 2 is 2.06 bits per heavy atom. The fourth-order valence-corrected chi connectivity index (χ4v) is 4.45. The smallest absolute Gasteiger partial charge is 0.205 e. The largest absolute Gasteiger partial charge is 0.496 e. The van der Waals surface area contributed by atoms with Crippen molar-refractivity contribution in [3.8, 4) is 28.7 Å². The van der Waals surface area contributed by atoms with Crippen molar-refractivity contribution >= 4 is 5.76 Å². The summed E-state index contributed by atoms with van der Waals surface area (Å²) in [6.45, 7) is 2.41. The molecule has 2 aliphatic rings. The van der Waals surface area contributed by atoms with E-state index in [1.165, 1.54) is 5.56 Å². The molecule has 0 bridgehead atoms. The number of hydrogen-bond donors (Lipinski definition) is 1. The molecule has 1 atom stereocenters. The first-order valence-corrected chi connectivity index (χ1v) is 10.8. The van der Waals surface area contributed by atoms with Crippen molar-refractivity contribution in [2.24, 2.45) is 5.73 Å². The second-order valence-electron chi connectivity index (χ2n) is 7.95. The van der Waals surface area contributed by atoms with Crippen molar-refractivity contribution in [1.29, 1.82) is 5.26 Å². The lowest BCUT2D eigenvalue weighted by Crippen LogP contribution is -2.26. The van der Waals surface area contributed by atoms with Gasteiger partial charge in [-0.1, -0.05) is 25.1 Å². The number of ether oxygens (including phenoxy) is 3. The summed E-state index contributed by atoms with van der Waals surface area (Å²) in [6, 6.07) is 18.1. The van der Waals surface area contributed by atoms with Gasteiger partial charge in [0, 0.05) is 29.1 Å². The van der Waals surface area contributed by atoms with Crippen LogP contribution in [-0.2, 0) is 11.2 Å². The molecule has 6 nitrogen and oxygen atoms in total. The number of allylic oxidation sites excluding steroid dienone is 1. The molecule has 3 aromatic rings. The van der Waals surface area contributed by atoms with Gasteiger partial charge in [0.15, 0.2) is 0 Å². The second kappa shape index (κ2) is 8.36. The van der Waals surface area contributed by atoms with Gasteiger partial charge in [0.05, 0.1) is 18.6 Å². The zero-order valence-electron chi connectivity index (χ0n) is 18.5. The monoisotopic (exact) mass is 437 g/mol. The van der Waals surface area contributed by atoms with E-state index in [1.807, 2.05) is 42.5 Å². The maximum Gasteiger partial charge on any atom is 0.205 e. The number of benzene rings is 2. The van der Waals surface area contributed by atoms with E-state index in [0.29, 0.717) is 17.9 Å². The van der Waals surface area contributed by atoms with Crippen molar-refractivity contribution in [3.05, 3.63) is 94.6 Å². The molecule has 2 N–H and O–H groups in total. The summed E-state index contributed by atoms with van der Waals surface area (Å²) >= 11 is 0. The lowest BCUT2D eigenvalue weighted by molar-refractivity contribution is 0.294. The molecule has 2 aliphatic heterocycles. The molecule has 0 saturated carbocycles. The molecule has 164 valence electrons. The number of fused-ring (bicyclic) bond motifs is 2. The van der Waals surface area contributed by atoms with E-state index >= 15 is 0 Å². The van der Waals surface area contributed by atoms with Gasteiger partial charge in [0.25, 0.3) is 0 Å². The predicted molar refractivity (Wildman–Crippen MR) is 125 cm³/mol. The Kier molecular flexibility index (Phi) is 5.23. The highest BCUT2D eigenvalue weighted by atomic mass is 16.5. The second-order valence-corrected chi connectivity index (χ2v) is 7.95. The Hall–Kier alpha value is -4.24. The average molecular weight is 437 g/mol. The summed E-state index contributed by atoms with van der Waals surface area (Å²) in [7, 11) is 1.64. The van der Waals surface area contributed by atoms with Crippen LogP contribution in [0.1, 0.15) is 29.5 Å². The molecule has 3 heterocycles. The quantitative estimate of drug-likeness (QED) is 0.622. The molecule has 6 heteroatoms. The van der Waals surface area contributed by atoms with E-state index < -0.39 is 5.92 Å². The third kappa shape index (κ3) is 3.48. The van der Waals surface area contributed by atoms with Crippen LogP contribution in [0, 0.1) is 11.3 Å². The van der Waals surface area contributed by atoms with E-state index in [4.69, 9.17) is 19.9 Å². The standard InChI is InChI=1S/C27H23N3O3/c1-3-16-6-8-24-20(11-16)26-22(15-32-24)25(21(13-28)27(29)33-26)17-7-9-23(31-2)19(12-17)18-5-4-10-30-14-18/h4-12,14,25H,3,15,29H2,1-2H3. The van der Waals surface area contributed by atoms with Crippen LogP contribution < -0.4 is 15.2 Å². The summed E-state index contributed by atoms with van der Waals surface area (Å²) in [5, 5.41) is 9.98. The Morgan fingerprint density at radius 3 is 2.79 bits per heavy atom. The molecule has 0 radical (unpaired) electrons. The number of nitriles is 1. The van der Waals surface area contributed by atoms with E-state index in [-0.39, 0.29) is 5.88 Å². The molecule has 0 spiro atoms. The van der Waals surface area contributed by atoms with Crippen molar-refractivity contribution in [1.82, 2.24) is 4.98 Å². The lowest BCUT2D eigenvalue weighted by atomic mass is 9.80. The molecule has 1 aromatic heterocycles. The number of aryl methyl sites for hydroxylation is 1. The number of nitrogens with zero attached hydrogens (tertiary/aromatic N) is 2. The average Bonchev–Trinajstić information content (AvgIpc) is 2.87. The van der Waals surface area contributed by atoms with Gasteiger partial charge in [0.2, 0.25) is 5.88 Å². The SMILES string of the molecule is CCc1ccc2c(c1)C1=C(CO2)C(c2ccc(OC)c(-c3cccnc3)c2)C(C#N)=C(N)O1. The summed E-state index contributed by atoms with van der Waals surface area (Å²) in [6.07, 6.45) is 4.41. The van der Waals surface area contributed by atoms with Gasteiger partial charge in [-0.05, 0) is 47.9 Å². The highest BCUT2D eigenvalue weighted by Gasteiger charge is 2.37. The number of rotatable bonds is 4. The molecule has 2 aromatic carbocycles. The normalized spacial score (nSPS) is 16.8. The van der Waals surface area contributed by atoms with Crippen LogP contribution in [0.15, 0.2) is 78.0 Å². The van der Waals surface area contributed by atoms with Crippen LogP contribution in [0.25, 0.3) is 16.9 Å². The molecular weight excluding hydrogens is 414 g/mol. The van der Waals surface area contributed by atoms with Gasteiger partial charge in [0.1, 0.15) is 35.5 Å². The van der Waals surface area contributed by atoms with E-state index in [2.05, 4.69) is 24.0 Å². The summed E-state index contributed by atoms with van der Waals surface area (Å²) in [5.74, 6) is 1.88. The minimum atomic E-state index is -0.390. The first-order chi connectivity index (χ1) is 16.1. The van der Waals surface area contributed by atoms with Gasteiger partial charge < -0.3 is 19.9 Å². The Labute approximate surface area is 192 Å². The Balaban J connectivity index is 1.70. The Bertz CT molecular complexity index is 1340. The number of pyridine rings is 1. The zero-order chi connectivity index (χ0) is 22.9. The molecule has 0 aliphatic carbocycles. The van der Waals surface area contributed by atoms with Crippen LogP contribution in [0.4, 0.5) is 0 Å². The Morgan fingerprint density at radius 1 is 1.18 bits per heavy atom. The zero-order valence-corrected chi connectivity index (χ0v) is 18.5. The van der Waals surface area contributed by atoms with Crippen LogP contribution in [0.3, 0.4) is 0 Å². The number of methoxy groups -OCH3 is 1. The van der Waals surface area contributed by atoms with E-state index in [1.54, 1.807) is 19.5 Å². The summed E-state index contributed by atoms with van der Waals surface area (Å²) < 4.78 is 17.7. The highest BCUT2D eigenvalue weighted by molar-refractivity contribution is 5.77. The maximum absolute atomic E-state index is 9.98.